The van der Waals surface area contributed by atoms with Crippen LogP contribution in [0.25, 0.3) is 0 Å². The summed E-state index contributed by atoms with van der Waals surface area (Å²) < 4.78 is 4.61. The van der Waals surface area contributed by atoms with Gasteiger partial charge in [-0.1, -0.05) is 24.8 Å². The average Bonchev–Trinajstić information content (AvgIpc) is 2.09. The summed E-state index contributed by atoms with van der Waals surface area (Å²) >= 11 is 0. The number of nitrogens with zero attached hydrogens (tertiary/aromatic N) is 1. The number of hydrogen-bond donors (Lipinski definition) is 0. The van der Waals surface area contributed by atoms with Gasteiger partial charge in [0.15, 0.2) is 0 Å². The molecule has 0 aliphatic rings. The van der Waals surface area contributed by atoms with E-state index in [0.29, 0.717) is 0 Å². The van der Waals surface area contributed by atoms with Crippen LogP contribution in [0.4, 0.5) is 0 Å². The molecule has 0 saturated carbocycles. The number of carbonyl (C=O) groups is 1. The molecule has 0 aromatic heterocycles. The molecule has 0 amide bonds. The van der Waals surface area contributed by atoms with Crippen LogP contribution in [0.1, 0.15) is 0 Å². The van der Waals surface area contributed by atoms with Crippen LogP contribution >= 0.6 is 0 Å². The zero-order valence-electron chi connectivity index (χ0n) is 6.56. The predicted octanol–water partition coefficient (Wildman–Crippen LogP) is 1.35. The summed E-state index contributed by atoms with van der Waals surface area (Å²) in [5, 5.41) is 8.07. The van der Waals surface area contributed by atoms with Gasteiger partial charge in [-0.2, -0.15) is 5.26 Å². The first kappa shape index (κ1) is 10.2. The molecule has 0 fully saturated rings. The highest BCUT2D eigenvalue weighted by molar-refractivity contribution is 5.82. The maximum atomic E-state index is 10.7. The van der Waals surface area contributed by atoms with E-state index in [0.717, 1.165) is 0 Å². The van der Waals surface area contributed by atoms with Gasteiger partial charge >= 0.3 is 5.97 Å². The molecule has 0 heterocycles. The van der Waals surface area contributed by atoms with Gasteiger partial charge in [-0.05, 0) is 0 Å². The Labute approximate surface area is 71.3 Å². The van der Waals surface area contributed by atoms with Gasteiger partial charge in [0.05, 0.1) is 6.07 Å². The van der Waals surface area contributed by atoms with Crippen molar-refractivity contribution in [1.82, 2.24) is 0 Å². The summed E-state index contributed by atoms with van der Waals surface area (Å²) in [6.45, 7) is 3.58. The Morgan fingerprint density at radius 1 is 1.58 bits per heavy atom. The minimum Gasteiger partial charge on any atom is -0.458 e. The molecule has 0 rings (SSSR count). The van der Waals surface area contributed by atoms with Crippen LogP contribution in [0.2, 0.25) is 0 Å². The van der Waals surface area contributed by atoms with Gasteiger partial charge < -0.3 is 4.74 Å². The van der Waals surface area contributed by atoms with Crippen molar-refractivity contribution in [2.24, 2.45) is 0 Å². The fourth-order valence-electron chi connectivity index (χ4n) is 0.422. The van der Waals surface area contributed by atoms with Crippen molar-refractivity contribution in [3.63, 3.8) is 0 Å². The second-order valence-electron chi connectivity index (χ2n) is 1.77. The second kappa shape index (κ2) is 7.29. The lowest BCUT2D eigenvalue weighted by Crippen LogP contribution is -1.99. The quantitative estimate of drug-likeness (QED) is 0.207. The zero-order valence-corrected chi connectivity index (χ0v) is 6.56. The van der Waals surface area contributed by atoms with Gasteiger partial charge in [-0.25, -0.2) is 4.79 Å². The number of rotatable bonds is 4. The fourth-order valence-corrected chi connectivity index (χ4v) is 0.422. The lowest BCUT2D eigenvalue weighted by atomic mass is 10.4. The number of esters is 1. The van der Waals surface area contributed by atoms with E-state index >= 15 is 0 Å². The van der Waals surface area contributed by atoms with E-state index in [1.807, 2.05) is 0 Å². The van der Waals surface area contributed by atoms with Crippen LogP contribution < -0.4 is 0 Å². The SMILES string of the molecule is C=CCOC(=O)C=CC=CC#N. The molecule has 0 N–H and O–H groups in total. The standard InChI is InChI=1S/C9H9NO2/c1-2-8-12-9(11)6-4-3-5-7-10/h2-6H,1,8H2. The van der Waals surface area contributed by atoms with E-state index in [1.54, 1.807) is 6.07 Å². The predicted molar refractivity (Wildman–Crippen MR) is 45.0 cm³/mol. The average molecular weight is 163 g/mol. The first-order valence-corrected chi connectivity index (χ1v) is 3.31. The highest BCUT2D eigenvalue weighted by Gasteiger charge is 1.90. The molecule has 3 heteroatoms. The van der Waals surface area contributed by atoms with Gasteiger partial charge in [-0.3, -0.25) is 0 Å². The summed E-state index contributed by atoms with van der Waals surface area (Å²) in [4.78, 5) is 10.7. The van der Waals surface area contributed by atoms with Crippen LogP contribution in [-0.4, -0.2) is 12.6 Å². The number of allylic oxidation sites excluding steroid dienone is 3. The van der Waals surface area contributed by atoms with Crippen molar-refractivity contribution in [3.8, 4) is 6.07 Å². The normalized spacial score (nSPS) is 9.92. The molecular weight excluding hydrogens is 154 g/mol. The Morgan fingerprint density at radius 2 is 2.33 bits per heavy atom. The maximum absolute atomic E-state index is 10.7. The summed E-state index contributed by atoms with van der Waals surface area (Å²) in [6, 6.07) is 1.78. The van der Waals surface area contributed by atoms with Gasteiger partial charge in [-0.15, -0.1) is 0 Å². The molecule has 0 bridgehead atoms. The van der Waals surface area contributed by atoms with Crippen molar-refractivity contribution >= 4 is 5.97 Å². The van der Waals surface area contributed by atoms with E-state index in [1.165, 1.54) is 30.4 Å². The molecule has 0 aliphatic carbocycles. The van der Waals surface area contributed by atoms with E-state index in [-0.39, 0.29) is 6.61 Å². The first-order valence-electron chi connectivity index (χ1n) is 3.31. The molecule has 0 unspecified atom stereocenters. The lowest BCUT2D eigenvalue weighted by Gasteiger charge is -1.93. The second-order valence-corrected chi connectivity index (χ2v) is 1.77. The minimum atomic E-state index is -0.447. The molecule has 0 aliphatic heterocycles. The fraction of sp³-hybridized carbons (Fsp3) is 0.111. The number of nitriles is 1. The highest BCUT2D eigenvalue weighted by atomic mass is 16.5. The van der Waals surface area contributed by atoms with E-state index in [2.05, 4.69) is 11.3 Å². The van der Waals surface area contributed by atoms with Gasteiger partial charge in [0, 0.05) is 12.2 Å². The first-order chi connectivity index (χ1) is 5.81. The minimum absolute atomic E-state index is 0.200. The summed E-state index contributed by atoms with van der Waals surface area (Å²) in [5.41, 5.74) is 0. The van der Waals surface area contributed by atoms with Gasteiger partial charge in [0.25, 0.3) is 0 Å². The molecule has 12 heavy (non-hydrogen) atoms. The summed E-state index contributed by atoms with van der Waals surface area (Å²) in [6.07, 6.45) is 6.87. The van der Waals surface area contributed by atoms with Crippen molar-refractivity contribution in [2.45, 2.75) is 0 Å². The van der Waals surface area contributed by atoms with Crippen LogP contribution in [0.15, 0.2) is 37.0 Å². The Hall–Kier alpha value is -1.82. The third-order valence-corrected chi connectivity index (χ3v) is 0.858. The Kier molecular flexibility index (Phi) is 6.18. The molecule has 62 valence electrons. The van der Waals surface area contributed by atoms with Crippen molar-refractivity contribution in [1.29, 1.82) is 5.26 Å². The van der Waals surface area contributed by atoms with Gasteiger partial charge in [0.2, 0.25) is 0 Å². The van der Waals surface area contributed by atoms with E-state index in [4.69, 9.17) is 5.26 Å². The van der Waals surface area contributed by atoms with Crippen LogP contribution in [0, 0.1) is 11.3 Å². The smallest absolute Gasteiger partial charge is 0.331 e. The van der Waals surface area contributed by atoms with Crippen molar-refractivity contribution in [2.75, 3.05) is 6.61 Å². The van der Waals surface area contributed by atoms with Crippen LogP contribution in [0.3, 0.4) is 0 Å². The third-order valence-electron chi connectivity index (χ3n) is 0.858. The Balaban J connectivity index is 3.69. The molecule has 0 aromatic carbocycles. The zero-order chi connectivity index (χ0) is 9.23. The van der Waals surface area contributed by atoms with E-state index < -0.39 is 5.97 Å². The Bertz CT molecular complexity index is 246. The lowest BCUT2D eigenvalue weighted by molar-refractivity contribution is -0.136. The summed E-state index contributed by atoms with van der Waals surface area (Å²) in [7, 11) is 0. The van der Waals surface area contributed by atoms with Crippen LogP contribution in [0.5, 0.6) is 0 Å². The Morgan fingerprint density at radius 3 is 2.92 bits per heavy atom. The maximum Gasteiger partial charge on any atom is 0.331 e. The number of ether oxygens (including phenoxy) is 1. The third kappa shape index (κ3) is 6.30. The number of hydrogen-bond acceptors (Lipinski definition) is 3. The molecule has 0 aromatic rings. The molecule has 3 nitrogen and oxygen atoms in total. The van der Waals surface area contributed by atoms with Gasteiger partial charge in [0.1, 0.15) is 6.61 Å². The number of carbonyl (C=O) groups excluding carboxylic acids is 1. The highest BCUT2D eigenvalue weighted by Crippen LogP contribution is 1.83. The molecule has 0 saturated heterocycles. The van der Waals surface area contributed by atoms with Crippen molar-refractivity contribution in [3.05, 3.63) is 37.0 Å². The van der Waals surface area contributed by atoms with E-state index in [9.17, 15) is 4.79 Å². The molecule has 0 radical (unpaired) electrons. The molecule has 0 atom stereocenters. The van der Waals surface area contributed by atoms with Crippen LogP contribution in [-0.2, 0) is 9.53 Å². The molecule has 0 spiro atoms. The van der Waals surface area contributed by atoms with Crippen molar-refractivity contribution < 1.29 is 9.53 Å². The summed E-state index contributed by atoms with van der Waals surface area (Å²) in [5.74, 6) is -0.447. The molecular formula is C9H9NO2. The topological polar surface area (TPSA) is 50.1 Å². The monoisotopic (exact) mass is 163 g/mol. The largest absolute Gasteiger partial charge is 0.458 e.